The number of hydrogen-bond donors (Lipinski definition) is 1. The summed E-state index contributed by atoms with van der Waals surface area (Å²) in [4.78, 5) is 8.45. The van der Waals surface area contributed by atoms with Gasteiger partial charge in [-0.1, -0.05) is 48.0 Å². The highest BCUT2D eigenvalue weighted by Gasteiger charge is 2.14. The zero-order valence-electron chi connectivity index (χ0n) is 12.6. The van der Waals surface area contributed by atoms with Gasteiger partial charge in [-0.05, 0) is 24.3 Å². The smallest absolute Gasteiger partial charge is 0.240 e. The molecule has 0 fully saturated rings. The van der Waals surface area contributed by atoms with E-state index in [1.54, 1.807) is 18.2 Å². The molecule has 1 aromatic heterocycles. The number of aromatic nitrogens is 2. The number of nitrogens with zero attached hydrogens (tertiary/aromatic N) is 2. The van der Waals surface area contributed by atoms with Crippen molar-refractivity contribution < 1.29 is 8.42 Å². The molecule has 0 atom stereocenters. The third-order valence-corrected chi connectivity index (χ3v) is 4.98. The molecular weight excluding hydrogens is 346 g/mol. The van der Waals surface area contributed by atoms with Crippen molar-refractivity contribution in [2.45, 2.75) is 11.4 Å². The second-order valence-corrected chi connectivity index (χ2v) is 7.25. The van der Waals surface area contributed by atoms with Gasteiger partial charge in [0.15, 0.2) is 0 Å². The van der Waals surface area contributed by atoms with Gasteiger partial charge in [-0.15, -0.1) is 0 Å². The lowest BCUT2D eigenvalue weighted by atomic mass is 10.1. The van der Waals surface area contributed by atoms with Gasteiger partial charge in [0.2, 0.25) is 10.0 Å². The van der Waals surface area contributed by atoms with Crippen LogP contribution in [0.3, 0.4) is 0 Å². The van der Waals surface area contributed by atoms with E-state index in [1.807, 2.05) is 30.3 Å². The number of rotatable bonds is 5. The molecule has 0 unspecified atom stereocenters. The van der Waals surface area contributed by atoms with Crippen molar-refractivity contribution in [2.24, 2.45) is 0 Å². The Bertz CT molecular complexity index is 947. The van der Waals surface area contributed by atoms with E-state index >= 15 is 0 Å². The van der Waals surface area contributed by atoms with Gasteiger partial charge in [0.1, 0.15) is 6.33 Å². The van der Waals surface area contributed by atoms with Gasteiger partial charge in [-0.3, -0.25) is 0 Å². The van der Waals surface area contributed by atoms with E-state index in [2.05, 4.69) is 14.7 Å². The summed E-state index contributed by atoms with van der Waals surface area (Å²) in [6.07, 6.45) is 1.42. The molecule has 122 valence electrons. The first-order chi connectivity index (χ1) is 11.5. The highest BCUT2D eigenvalue weighted by Crippen LogP contribution is 2.17. The lowest BCUT2D eigenvalue weighted by molar-refractivity contribution is 0.580. The molecule has 0 aliphatic rings. The van der Waals surface area contributed by atoms with Crippen LogP contribution in [-0.4, -0.2) is 18.4 Å². The molecule has 1 heterocycles. The summed E-state index contributed by atoms with van der Waals surface area (Å²) >= 11 is 5.84. The maximum absolute atomic E-state index is 12.3. The Morgan fingerprint density at radius 2 is 1.75 bits per heavy atom. The summed E-state index contributed by atoms with van der Waals surface area (Å²) in [6, 6.07) is 17.5. The van der Waals surface area contributed by atoms with Crippen LogP contribution in [0, 0.1) is 0 Å². The number of benzene rings is 2. The minimum Gasteiger partial charge on any atom is -0.240 e. The topological polar surface area (TPSA) is 72.0 Å². The quantitative estimate of drug-likeness (QED) is 0.758. The molecule has 0 saturated heterocycles. The molecule has 7 heteroatoms. The fourth-order valence-corrected chi connectivity index (χ4v) is 3.45. The first kappa shape index (κ1) is 16.6. The van der Waals surface area contributed by atoms with Crippen LogP contribution >= 0.6 is 11.6 Å². The van der Waals surface area contributed by atoms with E-state index < -0.39 is 10.0 Å². The van der Waals surface area contributed by atoms with Crippen LogP contribution in [0.4, 0.5) is 0 Å². The van der Waals surface area contributed by atoms with Crippen molar-refractivity contribution in [3.63, 3.8) is 0 Å². The van der Waals surface area contributed by atoms with Crippen LogP contribution in [0.25, 0.3) is 11.3 Å². The molecule has 0 bridgehead atoms. The third-order valence-electron chi connectivity index (χ3n) is 3.34. The van der Waals surface area contributed by atoms with Gasteiger partial charge in [-0.25, -0.2) is 23.1 Å². The molecule has 0 aliphatic carbocycles. The van der Waals surface area contributed by atoms with Crippen molar-refractivity contribution in [3.05, 3.63) is 77.7 Å². The zero-order valence-corrected chi connectivity index (χ0v) is 14.1. The largest absolute Gasteiger partial charge is 0.240 e. The van der Waals surface area contributed by atoms with Gasteiger partial charge >= 0.3 is 0 Å². The van der Waals surface area contributed by atoms with Crippen LogP contribution in [-0.2, 0) is 16.6 Å². The fraction of sp³-hybridized carbons (Fsp3) is 0.0588. The number of nitrogens with one attached hydrogen (secondary N) is 1. The van der Waals surface area contributed by atoms with Crippen molar-refractivity contribution in [3.8, 4) is 11.3 Å². The molecular formula is C17H14ClN3O2S. The molecule has 2 aromatic carbocycles. The Morgan fingerprint density at radius 1 is 0.958 bits per heavy atom. The molecule has 5 nitrogen and oxygen atoms in total. The molecule has 0 aliphatic heterocycles. The van der Waals surface area contributed by atoms with E-state index in [9.17, 15) is 8.42 Å². The summed E-state index contributed by atoms with van der Waals surface area (Å²) in [5.41, 5.74) is 2.26. The Balaban J connectivity index is 1.78. The first-order valence-corrected chi connectivity index (χ1v) is 9.02. The minimum atomic E-state index is -3.65. The number of sulfonamides is 1. The monoisotopic (exact) mass is 359 g/mol. The predicted molar refractivity (Wildman–Crippen MR) is 92.9 cm³/mol. The normalized spacial score (nSPS) is 11.4. The Labute approximate surface area is 145 Å². The predicted octanol–water partition coefficient (Wildman–Crippen LogP) is 3.28. The van der Waals surface area contributed by atoms with Crippen LogP contribution < -0.4 is 4.72 Å². The number of hydrogen-bond acceptors (Lipinski definition) is 4. The number of halogens is 1. The van der Waals surface area contributed by atoms with Gasteiger partial charge in [0.25, 0.3) is 0 Å². The molecule has 0 spiro atoms. The average Bonchev–Trinajstić information content (AvgIpc) is 2.61. The summed E-state index contributed by atoms with van der Waals surface area (Å²) in [7, 11) is -3.65. The first-order valence-electron chi connectivity index (χ1n) is 7.16. The maximum Gasteiger partial charge on any atom is 0.240 e. The summed E-state index contributed by atoms with van der Waals surface area (Å²) in [5, 5.41) is 0.367. The van der Waals surface area contributed by atoms with Crippen LogP contribution in [0.2, 0.25) is 5.02 Å². The molecule has 1 N–H and O–H groups in total. The SMILES string of the molecule is O=S(=O)(NCc1cc(-c2ccccc2)ncn1)c1cccc(Cl)c1. The second-order valence-electron chi connectivity index (χ2n) is 5.04. The van der Waals surface area contributed by atoms with Gasteiger partial charge in [-0.2, -0.15) is 0 Å². The summed E-state index contributed by atoms with van der Waals surface area (Å²) in [6.45, 7) is 0.0667. The lowest BCUT2D eigenvalue weighted by Gasteiger charge is -2.08. The van der Waals surface area contributed by atoms with Gasteiger partial charge < -0.3 is 0 Å². The van der Waals surface area contributed by atoms with Crippen molar-refractivity contribution in [1.82, 2.24) is 14.7 Å². The second kappa shape index (κ2) is 7.09. The molecule has 0 amide bonds. The highest BCUT2D eigenvalue weighted by molar-refractivity contribution is 7.89. The lowest BCUT2D eigenvalue weighted by Crippen LogP contribution is -2.23. The molecule has 24 heavy (non-hydrogen) atoms. The molecule has 0 radical (unpaired) electrons. The van der Waals surface area contributed by atoms with Crippen LogP contribution in [0.5, 0.6) is 0 Å². The fourth-order valence-electron chi connectivity index (χ4n) is 2.15. The van der Waals surface area contributed by atoms with Crippen molar-refractivity contribution in [2.75, 3.05) is 0 Å². The third kappa shape index (κ3) is 3.97. The maximum atomic E-state index is 12.3. The van der Waals surface area contributed by atoms with E-state index in [0.29, 0.717) is 10.7 Å². The van der Waals surface area contributed by atoms with E-state index in [4.69, 9.17) is 11.6 Å². The Kier molecular flexibility index (Phi) is 4.89. The zero-order chi connectivity index (χ0) is 17.0. The molecule has 0 saturated carbocycles. The minimum absolute atomic E-state index is 0.0667. The van der Waals surface area contributed by atoms with Crippen LogP contribution in [0.1, 0.15) is 5.69 Å². The van der Waals surface area contributed by atoms with Gasteiger partial charge in [0, 0.05) is 10.6 Å². The Morgan fingerprint density at radius 3 is 2.50 bits per heavy atom. The van der Waals surface area contributed by atoms with E-state index in [1.165, 1.54) is 18.5 Å². The molecule has 3 rings (SSSR count). The van der Waals surface area contributed by atoms with Crippen molar-refractivity contribution >= 4 is 21.6 Å². The van der Waals surface area contributed by atoms with Crippen LogP contribution in [0.15, 0.2) is 71.9 Å². The van der Waals surface area contributed by atoms with Crippen molar-refractivity contribution in [1.29, 1.82) is 0 Å². The van der Waals surface area contributed by atoms with E-state index in [0.717, 1.165) is 11.3 Å². The highest BCUT2D eigenvalue weighted by atomic mass is 35.5. The summed E-state index contributed by atoms with van der Waals surface area (Å²) in [5.74, 6) is 0. The van der Waals surface area contributed by atoms with E-state index in [-0.39, 0.29) is 11.4 Å². The standard InChI is InChI=1S/C17H14ClN3O2S/c18-14-7-4-8-16(9-14)24(22,23)21-11-15-10-17(20-12-19-15)13-5-2-1-3-6-13/h1-10,12,21H,11H2. The summed E-state index contributed by atoms with van der Waals surface area (Å²) < 4.78 is 27.1. The van der Waals surface area contributed by atoms with Gasteiger partial charge in [0.05, 0.1) is 22.8 Å². The molecule has 3 aromatic rings. The average molecular weight is 360 g/mol. The Hall–Kier alpha value is -2.28.